The fourth-order valence-corrected chi connectivity index (χ4v) is 5.60. The first-order chi connectivity index (χ1) is 19.6. The van der Waals surface area contributed by atoms with Gasteiger partial charge in [-0.25, -0.2) is 4.39 Å². The number of hydrogen-bond acceptors (Lipinski definition) is 6. The number of H-pyrrole nitrogens is 1. The van der Waals surface area contributed by atoms with Gasteiger partial charge in [0.05, 0.1) is 18.4 Å². The highest BCUT2D eigenvalue weighted by Crippen LogP contribution is 2.31. The molecule has 1 fully saturated rings. The zero-order chi connectivity index (χ0) is 29.1. The average Bonchev–Trinajstić information content (AvgIpc) is 3.36. The predicted molar refractivity (Wildman–Crippen MR) is 167 cm³/mol. The first-order valence-corrected chi connectivity index (χ1v) is 14.3. The standard InChI is InChI=1S/C33H40FN7/c1-7-11-29(41-12-9-8-10-13-41)27-20-36-32(38-22(27)3)31-26-15-23(16-28(34)30(26)39-40-31)24-14-25(19-35-18-24)37-21(2)17-33(4,5)6/h7,11,14-16,18-19,37H,1-2,8-10,12-13,17,20H2,3-6H3,(H,36,38)(H,39,40)/b29-11+. The molecule has 2 aliphatic heterocycles. The van der Waals surface area contributed by atoms with Crippen LogP contribution in [-0.4, -0.2) is 45.6 Å². The fourth-order valence-electron chi connectivity index (χ4n) is 5.60. The molecule has 214 valence electrons. The molecule has 2 aromatic heterocycles. The predicted octanol–water partition coefficient (Wildman–Crippen LogP) is 7.31. The van der Waals surface area contributed by atoms with E-state index in [0.29, 0.717) is 29.0 Å². The maximum atomic E-state index is 15.3. The van der Waals surface area contributed by atoms with Crippen LogP contribution in [0.5, 0.6) is 0 Å². The summed E-state index contributed by atoms with van der Waals surface area (Å²) in [5.41, 5.74) is 7.61. The molecular weight excluding hydrogens is 513 g/mol. The summed E-state index contributed by atoms with van der Waals surface area (Å²) in [5.74, 6) is 0.245. The van der Waals surface area contributed by atoms with Crippen LogP contribution in [0.2, 0.25) is 0 Å². The third kappa shape index (κ3) is 6.42. The van der Waals surface area contributed by atoms with Crippen molar-refractivity contribution in [2.45, 2.75) is 53.4 Å². The smallest absolute Gasteiger partial charge is 0.151 e. The van der Waals surface area contributed by atoms with Gasteiger partial charge in [0, 0.05) is 52.9 Å². The molecule has 0 saturated carbocycles. The first kappa shape index (κ1) is 28.3. The number of piperidine rings is 1. The summed E-state index contributed by atoms with van der Waals surface area (Å²) in [6.07, 6.45) is 11.9. The van der Waals surface area contributed by atoms with Gasteiger partial charge < -0.3 is 15.5 Å². The molecule has 41 heavy (non-hydrogen) atoms. The number of amidine groups is 1. The number of rotatable bonds is 8. The molecule has 2 aliphatic rings. The number of aromatic amines is 1. The number of fused-ring (bicyclic) bond motifs is 1. The third-order valence-corrected chi connectivity index (χ3v) is 7.42. The molecule has 0 atom stereocenters. The molecule has 3 aromatic rings. The zero-order valence-corrected chi connectivity index (χ0v) is 24.6. The summed E-state index contributed by atoms with van der Waals surface area (Å²) in [4.78, 5) is 11.7. The minimum atomic E-state index is -0.402. The van der Waals surface area contributed by atoms with Crippen LogP contribution in [0, 0.1) is 11.2 Å². The minimum Gasteiger partial charge on any atom is -0.371 e. The molecule has 1 aromatic carbocycles. The Bertz CT molecular complexity index is 1560. The Morgan fingerprint density at radius 3 is 2.61 bits per heavy atom. The molecule has 0 aliphatic carbocycles. The topological polar surface area (TPSA) is 81.2 Å². The van der Waals surface area contributed by atoms with Crippen molar-refractivity contribution in [2.24, 2.45) is 10.4 Å². The van der Waals surface area contributed by atoms with Gasteiger partial charge in [0.2, 0.25) is 0 Å². The van der Waals surface area contributed by atoms with Gasteiger partial charge in [-0.05, 0) is 67.9 Å². The van der Waals surface area contributed by atoms with Gasteiger partial charge >= 0.3 is 0 Å². The summed E-state index contributed by atoms with van der Waals surface area (Å²) in [6.45, 7) is 19.3. The summed E-state index contributed by atoms with van der Waals surface area (Å²) in [6, 6.07) is 5.41. The molecule has 0 amide bonds. The van der Waals surface area contributed by atoms with Crippen LogP contribution in [0.3, 0.4) is 0 Å². The number of anilines is 1. The quantitative estimate of drug-likeness (QED) is 0.255. The van der Waals surface area contributed by atoms with E-state index < -0.39 is 5.82 Å². The highest BCUT2D eigenvalue weighted by molar-refractivity contribution is 6.09. The number of benzene rings is 1. The second-order valence-corrected chi connectivity index (χ2v) is 12.1. The SMILES string of the molecule is C=C/C=C(\C1=C(C)NC(c2[nH]nc3c(F)cc(-c4cncc(NC(=C)CC(C)(C)C)c4)cc23)=NC1)N1CCCCC1. The number of allylic oxidation sites excluding steroid dienone is 4. The molecule has 8 heteroatoms. The van der Waals surface area contributed by atoms with E-state index in [1.54, 1.807) is 12.4 Å². The Morgan fingerprint density at radius 2 is 1.90 bits per heavy atom. The van der Waals surface area contributed by atoms with Gasteiger partial charge in [-0.2, -0.15) is 5.10 Å². The van der Waals surface area contributed by atoms with Gasteiger partial charge in [0.1, 0.15) is 11.2 Å². The molecule has 3 N–H and O–H groups in total. The Morgan fingerprint density at radius 1 is 1.12 bits per heavy atom. The largest absolute Gasteiger partial charge is 0.371 e. The number of nitrogens with one attached hydrogen (secondary N) is 3. The Balaban J connectivity index is 1.42. The number of hydrogen-bond donors (Lipinski definition) is 3. The van der Waals surface area contributed by atoms with Crippen molar-refractivity contribution in [3.05, 3.63) is 90.1 Å². The van der Waals surface area contributed by atoms with Crippen LogP contribution in [-0.2, 0) is 0 Å². The van der Waals surface area contributed by atoms with Crippen molar-refractivity contribution in [1.29, 1.82) is 0 Å². The minimum absolute atomic E-state index is 0.113. The molecule has 0 spiro atoms. The van der Waals surface area contributed by atoms with E-state index in [-0.39, 0.29) is 10.9 Å². The van der Waals surface area contributed by atoms with Crippen LogP contribution in [0.25, 0.3) is 22.0 Å². The summed E-state index contributed by atoms with van der Waals surface area (Å²) in [5, 5.41) is 14.8. The highest BCUT2D eigenvalue weighted by Gasteiger charge is 2.24. The lowest BCUT2D eigenvalue weighted by Gasteiger charge is -2.34. The molecule has 0 bridgehead atoms. The van der Waals surface area contributed by atoms with E-state index >= 15 is 4.39 Å². The average molecular weight is 554 g/mol. The number of likely N-dealkylation sites (tertiary alicyclic amines) is 1. The summed E-state index contributed by atoms with van der Waals surface area (Å²) in [7, 11) is 0. The van der Waals surface area contributed by atoms with Gasteiger partial charge in [-0.3, -0.25) is 15.1 Å². The zero-order valence-electron chi connectivity index (χ0n) is 24.6. The number of pyridine rings is 1. The van der Waals surface area contributed by atoms with E-state index in [1.807, 2.05) is 18.2 Å². The van der Waals surface area contributed by atoms with Gasteiger partial charge in [-0.15, -0.1) is 0 Å². The molecule has 0 unspecified atom stereocenters. The fraction of sp³-hybridized carbons (Fsp3) is 0.364. The molecule has 5 rings (SSSR count). The van der Waals surface area contributed by atoms with Gasteiger partial charge in [0.15, 0.2) is 11.7 Å². The summed E-state index contributed by atoms with van der Waals surface area (Å²) >= 11 is 0. The van der Waals surface area contributed by atoms with E-state index in [9.17, 15) is 0 Å². The number of aromatic nitrogens is 3. The van der Waals surface area contributed by atoms with Crippen LogP contribution in [0.4, 0.5) is 10.1 Å². The normalized spacial score (nSPS) is 16.5. The second kappa shape index (κ2) is 11.7. The van der Waals surface area contributed by atoms with Crippen molar-refractivity contribution in [3.8, 4) is 11.1 Å². The molecule has 1 saturated heterocycles. The lowest BCUT2D eigenvalue weighted by atomic mass is 9.91. The Kier molecular flexibility index (Phi) is 8.10. The van der Waals surface area contributed by atoms with Crippen molar-refractivity contribution in [2.75, 3.05) is 25.0 Å². The number of nitrogens with zero attached hydrogens (tertiary/aromatic N) is 4. The van der Waals surface area contributed by atoms with E-state index in [4.69, 9.17) is 4.99 Å². The van der Waals surface area contributed by atoms with E-state index in [0.717, 1.165) is 47.7 Å². The monoisotopic (exact) mass is 553 g/mol. The first-order valence-electron chi connectivity index (χ1n) is 14.3. The van der Waals surface area contributed by atoms with Crippen molar-refractivity contribution in [3.63, 3.8) is 0 Å². The number of halogens is 1. The Labute approximate surface area is 242 Å². The third-order valence-electron chi connectivity index (χ3n) is 7.42. The highest BCUT2D eigenvalue weighted by atomic mass is 19.1. The molecule has 7 nitrogen and oxygen atoms in total. The summed E-state index contributed by atoms with van der Waals surface area (Å²) < 4.78 is 15.3. The van der Waals surface area contributed by atoms with Crippen LogP contribution < -0.4 is 10.6 Å². The maximum Gasteiger partial charge on any atom is 0.151 e. The van der Waals surface area contributed by atoms with Crippen LogP contribution >= 0.6 is 0 Å². The Hall–Kier alpha value is -4.20. The number of aliphatic imine (C=N–C) groups is 1. The van der Waals surface area contributed by atoms with E-state index in [1.165, 1.54) is 31.0 Å². The van der Waals surface area contributed by atoms with Gasteiger partial charge in [-0.1, -0.05) is 40.0 Å². The maximum absolute atomic E-state index is 15.3. The van der Waals surface area contributed by atoms with Crippen molar-refractivity contribution < 1.29 is 4.39 Å². The van der Waals surface area contributed by atoms with Crippen LogP contribution in [0.15, 0.2) is 83.6 Å². The second-order valence-electron chi connectivity index (χ2n) is 12.1. The van der Waals surface area contributed by atoms with Crippen molar-refractivity contribution >= 4 is 22.4 Å². The lowest BCUT2D eigenvalue weighted by molar-refractivity contribution is 0.289. The van der Waals surface area contributed by atoms with Crippen LogP contribution in [0.1, 0.15) is 59.1 Å². The molecular formula is C33H40FN7. The lowest BCUT2D eigenvalue weighted by Crippen LogP contribution is -2.35. The van der Waals surface area contributed by atoms with Gasteiger partial charge in [0.25, 0.3) is 0 Å². The molecule has 4 heterocycles. The van der Waals surface area contributed by atoms with E-state index in [2.05, 4.69) is 77.6 Å². The van der Waals surface area contributed by atoms with Crippen molar-refractivity contribution in [1.82, 2.24) is 25.4 Å². The molecule has 0 radical (unpaired) electrons.